The van der Waals surface area contributed by atoms with Gasteiger partial charge in [0.15, 0.2) is 5.75 Å². The van der Waals surface area contributed by atoms with Crippen molar-refractivity contribution in [2.24, 2.45) is 10.8 Å². The van der Waals surface area contributed by atoms with Crippen LogP contribution in [0.2, 0.25) is 0 Å². The van der Waals surface area contributed by atoms with Crippen molar-refractivity contribution in [2.75, 3.05) is 10.6 Å². The van der Waals surface area contributed by atoms with Crippen LogP contribution in [-0.4, -0.2) is 21.8 Å². The second kappa shape index (κ2) is 8.98. The largest absolute Gasteiger partial charge is 0.382 e. The van der Waals surface area contributed by atoms with Crippen LogP contribution in [0.4, 0.5) is 11.8 Å². The van der Waals surface area contributed by atoms with Crippen LogP contribution in [0.25, 0.3) is 6.08 Å². The third-order valence-corrected chi connectivity index (χ3v) is 4.84. The summed E-state index contributed by atoms with van der Waals surface area (Å²) in [6.45, 7) is 10.9. The Balaban J connectivity index is 1.91. The lowest BCUT2D eigenvalue weighted by molar-refractivity contribution is -0.123. The molecule has 2 amide bonds. The minimum Gasteiger partial charge on any atom is -0.382 e. The molecule has 1 aliphatic rings. The lowest BCUT2D eigenvalue weighted by Crippen LogP contribution is -2.31. The molecule has 0 radical (unpaired) electrons. The van der Waals surface area contributed by atoms with Crippen molar-refractivity contribution in [3.05, 3.63) is 47.3 Å². The first-order valence-corrected chi connectivity index (χ1v) is 10.7. The number of benzene rings is 1. The molecule has 170 valence electrons. The summed E-state index contributed by atoms with van der Waals surface area (Å²) in [5.41, 5.74) is 4.05. The second-order valence-corrected chi connectivity index (χ2v) is 9.85. The summed E-state index contributed by atoms with van der Waals surface area (Å²) in [6.07, 6.45) is 3.14. The molecule has 3 rings (SSSR count). The predicted octanol–water partition coefficient (Wildman–Crippen LogP) is 4.32. The molecule has 2 aromatic rings. The van der Waals surface area contributed by atoms with Crippen molar-refractivity contribution < 1.29 is 14.4 Å². The highest BCUT2D eigenvalue weighted by atomic mass is 16.6. The Bertz CT molecular complexity index is 1030. The average molecular weight is 438 g/mol. The molecule has 0 bridgehead atoms. The van der Waals surface area contributed by atoms with E-state index in [1.165, 1.54) is 0 Å². The number of para-hydroxylation sites is 1. The van der Waals surface area contributed by atoms with Gasteiger partial charge in [-0.25, -0.2) is 10.5 Å². The first-order chi connectivity index (χ1) is 14.9. The van der Waals surface area contributed by atoms with Gasteiger partial charge in [-0.2, -0.15) is 4.98 Å². The number of anilines is 2. The number of hydrogen-bond donors (Lipinski definition) is 3. The number of fused-ring (bicyclic) bond motifs is 1. The van der Waals surface area contributed by atoms with Gasteiger partial charge in [0.2, 0.25) is 17.8 Å². The van der Waals surface area contributed by atoms with E-state index in [0.717, 1.165) is 11.4 Å². The summed E-state index contributed by atoms with van der Waals surface area (Å²) in [6, 6.07) is 9.41. The molecule has 0 unspecified atom stereocenters. The van der Waals surface area contributed by atoms with Crippen molar-refractivity contribution in [3.8, 4) is 5.75 Å². The summed E-state index contributed by atoms with van der Waals surface area (Å²) < 4.78 is 0. The molecule has 1 aromatic carbocycles. The van der Waals surface area contributed by atoms with Crippen LogP contribution >= 0.6 is 0 Å². The summed E-state index contributed by atoms with van der Waals surface area (Å²) in [5, 5.41) is 5.67. The van der Waals surface area contributed by atoms with E-state index in [1.807, 2.05) is 78.0 Å². The van der Waals surface area contributed by atoms with Crippen LogP contribution in [0.15, 0.2) is 36.0 Å². The van der Waals surface area contributed by atoms with Crippen LogP contribution in [0.3, 0.4) is 0 Å². The number of nitrogens with zero attached hydrogens (tertiary/aromatic N) is 2. The minimum atomic E-state index is -0.609. The zero-order chi connectivity index (χ0) is 23.5. The first-order valence-electron chi connectivity index (χ1n) is 10.7. The van der Waals surface area contributed by atoms with Gasteiger partial charge >= 0.3 is 0 Å². The molecule has 0 spiro atoms. The average Bonchev–Trinajstić information content (AvgIpc) is 2.71. The zero-order valence-electron chi connectivity index (χ0n) is 19.5. The molecule has 1 aliphatic carbocycles. The smallest absolute Gasteiger partial charge is 0.232 e. The zero-order valence-corrected chi connectivity index (χ0v) is 19.5. The van der Waals surface area contributed by atoms with E-state index in [1.54, 1.807) is 0 Å². The maximum absolute atomic E-state index is 12.7. The van der Waals surface area contributed by atoms with E-state index in [4.69, 9.17) is 4.84 Å². The Morgan fingerprint density at radius 1 is 0.875 bits per heavy atom. The molecule has 3 N–H and O–H groups in total. The van der Waals surface area contributed by atoms with Crippen LogP contribution in [-0.2, 0) is 16.0 Å². The first kappa shape index (κ1) is 23.2. The molecule has 8 heteroatoms. The standard InChI is InChI=1S/C24H31N5O3/c1-23(2,3)20(30)26-19-17-14-15(29-32-16-10-8-7-9-11-16)12-13-18(17)25-22(27-19)28-21(31)24(4,5)6/h7-11,14,29H,12-13H2,1-6H3,(H2,25,26,27,28,30,31). The molecule has 1 aromatic heterocycles. The predicted molar refractivity (Wildman–Crippen MR) is 125 cm³/mol. The SMILES string of the molecule is CC(C)(C)C(=O)Nc1nc2c(c(NC(=O)C(C)(C)C)n1)C=C(NOc1ccccc1)CC2. The third-order valence-electron chi connectivity index (χ3n) is 4.84. The van der Waals surface area contributed by atoms with Gasteiger partial charge in [0.1, 0.15) is 5.82 Å². The Kier molecular flexibility index (Phi) is 6.52. The Morgan fingerprint density at radius 2 is 1.50 bits per heavy atom. The highest BCUT2D eigenvalue weighted by Crippen LogP contribution is 2.30. The highest BCUT2D eigenvalue weighted by molar-refractivity contribution is 5.97. The number of amides is 2. The number of hydroxylamine groups is 1. The fourth-order valence-corrected chi connectivity index (χ4v) is 2.79. The minimum absolute atomic E-state index is 0.179. The Labute approximate surface area is 188 Å². The molecule has 0 atom stereocenters. The molecule has 8 nitrogen and oxygen atoms in total. The molecule has 0 saturated heterocycles. The van der Waals surface area contributed by atoms with Crippen LogP contribution < -0.4 is 21.0 Å². The van der Waals surface area contributed by atoms with Crippen LogP contribution in [0, 0.1) is 10.8 Å². The number of allylic oxidation sites excluding steroid dienone is 1. The monoisotopic (exact) mass is 437 g/mol. The van der Waals surface area contributed by atoms with Crippen molar-refractivity contribution in [1.82, 2.24) is 15.4 Å². The number of aromatic nitrogens is 2. The number of rotatable bonds is 5. The molecular weight excluding hydrogens is 406 g/mol. The topological polar surface area (TPSA) is 105 Å². The van der Waals surface area contributed by atoms with E-state index in [9.17, 15) is 9.59 Å². The number of hydrogen-bond acceptors (Lipinski definition) is 6. The number of carbonyl (C=O) groups is 2. The van der Waals surface area contributed by atoms with Crippen LogP contribution in [0.1, 0.15) is 59.2 Å². The van der Waals surface area contributed by atoms with E-state index in [-0.39, 0.29) is 17.8 Å². The second-order valence-electron chi connectivity index (χ2n) is 9.85. The van der Waals surface area contributed by atoms with Gasteiger partial charge < -0.3 is 10.2 Å². The lowest BCUT2D eigenvalue weighted by atomic mass is 9.95. The fraction of sp³-hybridized carbons (Fsp3) is 0.417. The Morgan fingerprint density at radius 3 is 2.12 bits per heavy atom. The number of aryl methyl sites for hydroxylation is 1. The van der Waals surface area contributed by atoms with Gasteiger partial charge in [0.05, 0.1) is 11.4 Å². The number of carbonyl (C=O) groups excluding carboxylic acids is 2. The van der Waals surface area contributed by atoms with E-state index < -0.39 is 10.8 Å². The quantitative estimate of drug-likeness (QED) is 0.602. The Hall–Kier alpha value is -3.42. The summed E-state index contributed by atoms with van der Waals surface area (Å²) in [4.78, 5) is 39.8. The van der Waals surface area contributed by atoms with Gasteiger partial charge in [0.25, 0.3) is 0 Å². The van der Waals surface area contributed by atoms with Gasteiger partial charge in [-0.05, 0) is 31.1 Å². The maximum Gasteiger partial charge on any atom is 0.232 e. The third kappa shape index (κ3) is 5.84. The van der Waals surface area contributed by atoms with Gasteiger partial charge in [-0.3, -0.25) is 14.9 Å². The lowest BCUT2D eigenvalue weighted by Gasteiger charge is -2.23. The van der Waals surface area contributed by atoms with Crippen LogP contribution in [0.5, 0.6) is 5.75 Å². The molecule has 0 fully saturated rings. The molecular formula is C24H31N5O3. The van der Waals surface area contributed by atoms with E-state index in [2.05, 4.69) is 26.1 Å². The number of nitrogens with one attached hydrogen (secondary N) is 3. The van der Waals surface area contributed by atoms with Gasteiger partial charge in [-0.1, -0.05) is 59.7 Å². The van der Waals surface area contributed by atoms with E-state index in [0.29, 0.717) is 30.0 Å². The van der Waals surface area contributed by atoms with Gasteiger partial charge in [-0.15, -0.1) is 0 Å². The molecule has 1 heterocycles. The van der Waals surface area contributed by atoms with Crippen molar-refractivity contribution in [1.29, 1.82) is 0 Å². The van der Waals surface area contributed by atoms with E-state index >= 15 is 0 Å². The summed E-state index contributed by atoms with van der Waals surface area (Å²) in [5.74, 6) is 0.851. The van der Waals surface area contributed by atoms with Crippen molar-refractivity contribution >= 4 is 29.7 Å². The molecule has 32 heavy (non-hydrogen) atoms. The van der Waals surface area contributed by atoms with Gasteiger partial charge in [0, 0.05) is 16.4 Å². The fourth-order valence-electron chi connectivity index (χ4n) is 2.79. The molecule has 0 aliphatic heterocycles. The summed E-state index contributed by atoms with van der Waals surface area (Å²) >= 11 is 0. The highest BCUT2D eigenvalue weighted by Gasteiger charge is 2.27. The van der Waals surface area contributed by atoms with Crippen molar-refractivity contribution in [2.45, 2.75) is 54.4 Å². The maximum atomic E-state index is 12.7. The van der Waals surface area contributed by atoms with Crippen molar-refractivity contribution in [3.63, 3.8) is 0 Å². The molecule has 0 saturated carbocycles. The normalized spacial score (nSPS) is 13.5. The summed E-state index contributed by atoms with van der Waals surface area (Å²) in [7, 11) is 0.